The molecule has 0 spiro atoms. The second kappa shape index (κ2) is 52.7. The van der Waals surface area contributed by atoms with Crippen LogP contribution in [0.4, 0.5) is 0 Å². The molecule has 0 N–H and O–H groups in total. The van der Waals surface area contributed by atoms with Gasteiger partial charge in [-0.2, -0.15) is 0 Å². The second-order valence-corrected chi connectivity index (χ2v) is 17.0. The fraction of sp³-hybridized carbons (Fsp3) is 0.644. The molecule has 0 unspecified atom stereocenters. The van der Waals surface area contributed by atoms with Gasteiger partial charge in [-0.15, -0.1) is 0 Å². The van der Waals surface area contributed by atoms with E-state index in [0.29, 0.717) is 19.3 Å². The molecule has 0 aromatic carbocycles. The number of ether oxygens (including phenoxy) is 3. The van der Waals surface area contributed by atoms with Gasteiger partial charge in [-0.05, 0) is 122 Å². The molecule has 0 aliphatic rings. The van der Waals surface area contributed by atoms with Crippen molar-refractivity contribution in [3.63, 3.8) is 0 Å². The van der Waals surface area contributed by atoms with Gasteiger partial charge in [-0.1, -0.05) is 194 Å². The highest BCUT2D eigenvalue weighted by molar-refractivity contribution is 5.71. The molecular weight excluding hydrogens is 805 g/mol. The molecule has 0 aromatic heterocycles. The summed E-state index contributed by atoms with van der Waals surface area (Å²) in [5.74, 6) is -0.987. The van der Waals surface area contributed by atoms with E-state index in [-0.39, 0.29) is 37.5 Å². The summed E-state index contributed by atoms with van der Waals surface area (Å²) in [6.07, 6.45) is 70.7. The van der Waals surface area contributed by atoms with Crippen molar-refractivity contribution in [1.82, 2.24) is 0 Å². The standard InChI is InChI=1S/C59H96O6/c1-4-7-10-13-16-19-22-25-28-29-32-35-38-41-44-47-50-53-59(62)65-56(54-63-57(60)51-48-45-42-39-36-33-30-26-23-20-17-14-11-8-5-2)55-64-58(61)52-49-46-43-40-37-34-31-27-24-21-18-15-12-9-6-3/h7-8,10-11,16-17,19-20,25-28,30-32,35-36,39,56H,4-6,9,12-15,18,21-24,29,33-34,37-38,40-55H2,1-3H3/b10-7-,11-8-,19-16-,20-17-,28-25-,30-26-,31-27-,35-32-,39-36-/t56-/m1/s1. The SMILES string of the molecule is CC/C=C\C/C=C\C/C=C\C/C=C\CCCCCCC(=O)O[C@H](COC(=O)CCCC/C=C\C/C=C\C/C=C\C/C=C\CC)COC(=O)CCCCCCC/C=C\CCCCCCCC. The van der Waals surface area contributed by atoms with Gasteiger partial charge in [0.25, 0.3) is 0 Å². The van der Waals surface area contributed by atoms with Crippen LogP contribution in [-0.4, -0.2) is 37.2 Å². The molecule has 1 atom stereocenters. The van der Waals surface area contributed by atoms with Crippen LogP contribution >= 0.6 is 0 Å². The van der Waals surface area contributed by atoms with Crippen LogP contribution in [0.3, 0.4) is 0 Å². The van der Waals surface area contributed by atoms with Gasteiger partial charge in [0.15, 0.2) is 6.10 Å². The highest BCUT2D eigenvalue weighted by Crippen LogP contribution is 2.13. The third kappa shape index (κ3) is 50.9. The fourth-order valence-corrected chi connectivity index (χ4v) is 6.83. The van der Waals surface area contributed by atoms with Crippen LogP contribution in [0.15, 0.2) is 109 Å². The summed E-state index contributed by atoms with van der Waals surface area (Å²) in [5.41, 5.74) is 0. The van der Waals surface area contributed by atoms with Crippen LogP contribution in [0.5, 0.6) is 0 Å². The van der Waals surface area contributed by atoms with E-state index in [1.54, 1.807) is 0 Å². The maximum absolute atomic E-state index is 12.8. The first kappa shape index (κ1) is 61.1. The van der Waals surface area contributed by atoms with Gasteiger partial charge < -0.3 is 14.2 Å². The molecule has 0 fully saturated rings. The average molecular weight is 901 g/mol. The van der Waals surface area contributed by atoms with E-state index in [1.165, 1.54) is 51.4 Å². The zero-order chi connectivity index (χ0) is 47.2. The monoisotopic (exact) mass is 901 g/mol. The Bertz CT molecular complexity index is 1360. The van der Waals surface area contributed by atoms with Crippen molar-refractivity contribution in [3.05, 3.63) is 109 Å². The Labute approximate surface area is 400 Å². The van der Waals surface area contributed by atoms with E-state index < -0.39 is 6.10 Å². The number of rotatable bonds is 46. The third-order valence-electron chi connectivity index (χ3n) is 10.7. The summed E-state index contributed by atoms with van der Waals surface area (Å²) < 4.78 is 16.8. The van der Waals surface area contributed by atoms with E-state index in [0.717, 1.165) is 128 Å². The number of hydrogen-bond donors (Lipinski definition) is 0. The third-order valence-corrected chi connectivity index (χ3v) is 10.7. The Kier molecular flexibility index (Phi) is 49.5. The Morgan fingerprint density at radius 1 is 0.323 bits per heavy atom. The van der Waals surface area contributed by atoms with E-state index in [2.05, 4.69) is 130 Å². The average Bonchev–Trinajstić information content (AvgIpc) is 3.30. The second-order valence-electron chi connectivity index (χ2n) is 17.0. The first-order chi connectivity index (χ1) is 32.0. The normalized spacial score (nSPS) is 13.0. The molecule has 0 radical (unpaired) electrons. The van der Waals surface area contributed by atoms with Crippen molar-refractivity contribution >= 4 is 17.9 Å². The molecule has 6 heteroatoms. The number of allylic oxidation sites excluding steroid dienone is 18. The van der Waals surface area contributed by atoms with Gasteiger partial charge in [0.2, 0.25) is 0 Å². The summed E-state index contributed by atoms with van der Waals surface area (Å²) in [6, 6.07) is 0. The lowest BCUT2D eigenvalue weighted by atomic mass is 10.1. The van der Waals surface area contributed by atoms with Gasteiger partial charge in [-0.25, -0.2) is 0 Å². The minimum atomic E-state index is -0.813. The molecular formula is C59H96O6. The van der Waals surface area contributed by atoms with Crippen LogP contribution in [-0.2, 0) is 28.6 Å². The lowest BCUT2D eigenvalue weighted by Gasteiger charge is -2.18. The molecule has 0 amide bonds. The molecule has 0 saturated heterocycles. The predicted molar refractivity (Wildman–Crippen MR) is 279 cm³/mol. The minimum Gasteiger partial charge on any atom is -0.462 e. The number of unbranched alkanes of at least 4 members (excludes halogenated alkanes) is 17. The first-order valence-electron chi connectivity index (χ1n) is 26.4. The highest BCUT2D eigenvalue weighted by Gasteiger charge is 2.19. The van der Waals surface area contributed by atoms with Crippen LogP contribution in [0, 0.1) is 0 Å². The molecule has 6 nitrogen and oxygen atoms in total. The summed E-state index contributed by atoms with van der Waals surface area (Å²) in [7, 11) is 0. The zero-order valence-corrected chi connectivity index (χ0v) is 42.0. The Hall–Kier alpha value is -3.93. The molecule has 0 bridgehead atoms. The summed E-state index contributed by atoms with van der Waals surface area (Å²) in [5, 5.41) is 0. The highest BCUT2D eigenvalue weighted by atomic mass is 16.6. The van der Waals surface area contributed by atoms with Crippen molar-refractivity contribution in [2.45, 2.75) is 232 Å². The molecule has 0 aliphatic heterocycles. The molecule has 65 heavy (non-hydrogen) atoms. The van der Waals surface area contributed by atoms with Gasteiger partial charge in [-0.3, -0.25) is 14.4 Å². The van der Waals surface area contributed by atoms with Crippen molar-refractivity contribution in [2.75, 3.05) is 13.2 Å². The molecule has 0 aromatic rings. The predicted octanol–water partition coefficient (Wildman–Crippen LogP) is 17.5. The van der Waals surface area contributed by atoms with Crippen molar-refractivity contribution in [1.29, 1.82) is 0 Å². The lowest BCUT2D eigenvalue weighted by Crippen LogP contribution is -2.30. The van der Waals surface area contributed by atoms with Crippen molar-refractivity contribution in [3.8, 4) is 0 Å². The van der Waals surface area contributed by atoms with Crippen LogP contribution in [0.25, 0.3) is 0 Å². The van der Waals surface area contributed by atoms with Crippen LogP contribution in [0.2, 0.25) is 0 Å². The van der Waals surface area contributed by atoms with Crippen LogP contribution in [0.1, 0.15) is 226 Å². The van der Waals surface area contributed by atoms with Crippen LogP contribution < -0.4 is 0 Å². The first-order valence-corrected chi connectivity index (χ1v) is 26.4. The zero-order valence-electron chi connectivity index (χ0n) is 42.0. The summed E-state index contributed by atoms with van der Waals surface area (Å²) >= 11 is 0. The minimum absolute atomic E-state index is 0.108. The van der Waals surface area contributed by atoms with E-state index in [4.69, 9.17) is 14.2 Å². The largest absolute Gasteiger partial charge is 0.462 e. The maximum Gasteiger partial charge on any atom is 0.306 e. The van der Waals surface area contributed by atoms with E-state index >= 15 is 0 Å². The number of hydrogen-bond acceptors (Lipinski definition) is 6. The topological polar surface area (TPSA) is 78.9 Å². The van der Waals surface area contributed by atoms with Crippen molar-refractivity contribution in [2.24, 2.45) is 0 Å². The smallest absolute Gasteiger partial charge is 0.306 e. The van der Waals surface area contributed by atoms with E-state index in [1.807, 2.05) is 0 Å². The summed E-state index contributed by atoms with van der Waals surface area (Å²) in [6.45, 7) is 6.33. The van der Waals surface area contributed by atoms with Gasteiger partial charge >= 0.3 is 17.9 Å². The fourth-order valence-electron chi connectivity index (χ4n) is 6.83. The van der Waals surface area contributed by atoms with Gasteiger partial charge in [0.1, 0.15) is 13.2 Å². The van der Waals surface area contributed by atoms with E-state index in [9.17, 15) is 14.4 Å². The van der Waals surface area contributed by atoms with Gasteiger partial charge in [0, 0.05) is 19.3 Å². The Morgan fingerprint density at radius 2 is 0.600 bits per heavy atom. The van der Waals surface area contributed by atoms with Gasteiger partial charge in [0.05, 0.1) is 0 Å². The number of carbonyl (C=O) groups is 3. The number of carbonyl (C=O) groups excluding carboxylic acids is 3. The van der Waals surface area contributed by atoms with Crippen molar-refractivity contribution < 1.29 is 28.6 Å². The molecule has 0 aliphatic carbocycles. The maximum atomic E-state index is 12.8. The molecule has 368 valence electrons. The molecule has 0 heterocycles. The lowest BCUT2D eigenvalue weighted by molar-refractivity contribution is -0.167. The Morgan fingerprint density at radius 3 is 0.985 bits per heavy atom. The molecule has 0 rings (SSSR count). The number of esters is 3. The molecule has 0 saturated carbocycles. The summed E-state index contributed by atoms with van der Waals surface area (Å²) in [4.78, 5) is 38.0. The Balaban J connectivity index is 4.53. The quantitative estimate of drug-likeness (QED) is 0.0262.